The van der Waals surface area contributed by atoms with Gasteiger partial charge in [-0.1, -0.05) is 42.5 Å². The molecule has 0 fully saturated rings. The molecule has 2 aromatic carbocycles. The molecule has 1 aromatic heterocycles. The van der Waals surface area contributed by atoms with E-state index in [1.807, 2.05) is 41.1 Å². The third-order valence-corrected chi connectivity index (χ3v) is 4.33. The lowest BCUT2D eigenvalue weighted by Gasteiger charge is -2.23. The maximum atomic E-state index is 13.2. The fourth-order valence-electron chi connectivity index (χ4n) is 2.89. The number of aliphatic hydroxyl groups excluding tert-OH is 1. The van der Waals surface area contributed by atoms with Crippen LogP contribution in [-0.2, 0) is 6.54 Å². The van der Waals surface area contributed by atoms with Gasteiger partial charge in [0.2, 0.25) is 0 Å². The summed E-state index contributed by atoms with van der Waals surface area (Å²) in [4.78, 5) is 4.08. The molecule has 5 heteroatoms. The molecule has 130 valence electrons. The molecule has 2 N–H and O–H groups in total. The molecule has 4 nitrogen and oxygen atoms in total. The Balaban J connectivity index is 1.73. The Morgan fingerprint density at radius 3 is 2.44 bits per heavy atom. The van der Waals surface area contributed by atoms with Gasteiger partial charge in [0.15, 0.2) is 0 Å². The molecule has 0 bridgehead atoms. The number of halogens is 1. The lowest BCUT2D eigenvalue weighted by atomic mass is 9.99. The van der Waals surface area contributed by atoms with E-state index >= 15 is 0 Å². The number of nitrogens with zero attached hydrogens (tertiary/aromatic N) is 2. The maximum absolute atomic E-state index is 13.2. The molecule has 2 atom stereocenters. The summed E-state index contributed by atoms with van der Waals surface area (Å²) in [5.74, 6) is -0.241. The van der Waals surface area contributed by atoms with Crippen molar-refractivity contribution in [1.82, 2.24) is 14.9 Å². The summed E-state index contributed by atoms with van der Waals surface area (Å²) in [5.41, 5.74) is 2.10. The predicted molar refractivity (Wildman–Crippen MR) is 95.6 cm³/mol. The summed E-state index contributed by atoms with van der Waals surface area (Å²) in [6.07, 6.45) is 5.40. The van der Waals surface area contributed by atoms with E-state index in [4.69, 9.17) is 0 Å². The summed E-state index contributed by atoms with van der Waals surface area (Å²) in [7, 11) is 0. The van der Waals surface area contributed by atoms with Crippen molar-refractivity contribution in [1.29, 1.82) is 0 Å². The highest BCUT2D eigenvalue weighted by atomic mass is 19.1. The summed E-state index contributed by atoms with van der Waals surface area (Å²) >= 11 is 0. The monoisotopic (exact) mass is 339 g/mol. The molecule has 0 saturated carbocycles. The molecule has 0 saturated heterocycles. The average molecular weight is 339 g/mol. The molecule has 3 aromatic rings. The highest BCUT2D eigenvalue weighted by molar-refractivity contribution is 5.22. The maximum Gasteiger partial charge on any atom is 0.123 e. The lowest BCUT2D eigenvalue weighted by molar-refractivity contribution is 0.256. The Bertz CT molecular complexity index is 744. The van der Waals surface area contributed by atoms with E-state index in [1.165, 1.54) is 12.1 Å². The van der Waals surface area contributed by atoms with Crippen molar-refractivity contribution in [3.8, 4) is 0 Å². The minimum atomic E-state index is -0.248. The van der Waals surface area contributed by atoms with E-state index in [1.54, 1.807) is 24.7 Å². The summed E-state index contributed by atoms with van der Waals surface area (Å²) in [5, 5.41) is 13.3. The first-order valence-electron chi connectivity index (χ1n) is 8.36. The Morgan fingerprint density at radius 1 is 1.04 bits per heavy atom. The number of aromatic nitrogens is 2. The van der Waals surface area contributed by atoms with Crippen LogP contribution in [0.5, 0.6) is 0 Å². The van der Waals surface area contributed by atoms with Crippen molar-refractivity contribution in [2.24, 2.45) is 0 Å². The molecule has 2 unspecified atom stereocenters. The van der Waals surface area contributed by atoms with Crippen LogP contribution in [0.15, 0.2) is 73.3 Å². The van der Waals surface area contributed by atoms with Gasteiger partial charge in [-0.25, -0.2) is 9.37 Å². The number of imidazole rings is 1. The van der Waals surface area contributed by atoms with E-state index in [0.29, 0.717) is 13.1 Å². The quantitative estimate of drug-likeness (QED) is 0.663. The van der Waals surface area contributed by atoms with E-state index in [0.717, 1.165) is 11.1 Å². The van der Waals surface area contributed by atoms with Crippen LogP contribution in [0.4, 0.5) is 4.39 Å². The van der Waals surface area contributed by atoms with Gasteiger partial charge in [-0.3, -0.25) is 0 Å². The van der Waals surface area contributed by atoms with Gasteiger partial charge in [0.1, 0.15) is 5.82 Å². The first kappa shape index (κ1) is 17.3. The molecular formula is C20H22FN3O. The van der Waals surface area contributed by atoms with Gasteiger partial charge in [-0.15, -0.1) is 0 Å². The first-order valence-corrected chi connectivity index (χ1v) is 8.36. The highest BCUT2D eigenvalue weighted by Gasteiger charge is 2.16. The minimum absolute atomic E-state index is 0.00642. The van der Waals surface area contributed by atoms with Crippen molar-refractivity contribution in [3.05, 3.63) is 90.3 Å². The second-order valence-corrected chi connectivity index (χ2v) is 6.06. The van der Waals surface area contributed by atoms with E-state index in [9.17, 15) is 9.50 Å². The van der Waals surface area contributed by atoms with E-state index in [-0.39, 0.29) is 24.4 Å². The first-order chi connectivity index (χ1) is 12.3. The van der Waals surface area contributed by atoms with Gasteiger partial charge in [0.25, 0.3) is 0 Å². The number of aliphatic hydroxyl groups is 1. The SMILES string of the molecule is OCC(CNC(Cn1ccnc1)c1ccc(F)cc1)c1ccccc1. The summed E-state index contributed by atoms with van der Waals surface area (Å²) in [6.45, 7) is 1.37. The molecule has 0 spiro atoms. The van der Waals surface area contributed by atoms with Crippen molar-refractivity contribution >= 4 is 0 Å². The van der Waals surface area contributed by atoms with Crippen LogP contribution in [0, 0.1) is 5.82 Å². The van der Waals surface area contributed by atoms with Crippen LogP contribution in [0.3, 0.4) is 0 Å². The number of benzene rings is 2. The van der Waals surface area contributed by atoms with Crippen LogP contribution in [0.25, 0.3) is 0 Å². The van der Waals surface area contributed by atoms with Crippen molar-refractivity contribution in [2.75, 3.05) is 13.2 Å². The lowest BCUT2D eigenvalue weighted by Crippen LogP contribution is -2.30. The smallest absolute Gasteiger partial charge is 0.123 e. The Morgan fingerprint density at radius 2 is 1.80 bits per heavy atom. The molecule has 0 aliphatic rings. The minimum Gasteiger partial charge on any atom is -0.396 e. The van der Waals surface area contributed by atoms with E-state index < -0.39 is 0 Å². The number of nitrogens with one attached hydrogen (secondary N) is 1. The van der Waals surface area contributed by atoms with Crippen LogP contribution in [-0.4, -0.2) is 27.8 Å². The summed E-state index contributed by atoms with van der Waals surface area (Å²) in [6, 6.07) is 16.5. The summed E-state index contributed by atoms with van der Waals surface area (Å²) < 4.78 is 15.2. The topological polar surface area (TPSA) is 50.1 Å². The second kappa shape index (κ2) is 8.55. The normalized spacial score (nSPS) is 13.5. The van der Waals surface area contributed by atoms with Gasteiger partial charge >= 0.3 is 0 Å². The fourth-order valence-corrected chi connectivity index (χ4v) is 2.89. The van der Waals surface area contributed by atoms with Crippen molar-refractivity contribution in [3.63, 3.8) is 0 Å². The molecule has 3 rings (SSSR count). The Hall–Kier alpha value is -2.50. The number of hydrogen-bond donors (Lipinski definition) is 2. The van der Waals surface area contributed by atoms with Crippen LogP contribution >= 0.6 is 0 Å². The van der Waals surface area contributed by atoms with Crippen LogP contribution < -0.4 is 5.32 Å². The third-order valence-electron chi connectivity index (χ3n) is 4.33. The zero-order valence-electron chi connectivity index (χ0n) is 13.9. The largest absolute Gasteiger partial charge is 0.396 e. The molecular weight excluding hydrogens is 317 g/mol. The fraction of sp³-hybridized carbons (Fsp3) is 0.250. The van der Waals surface area contributed by atoms with Gasteiger partial charge in [0, 0.05) is 31.4 Å². The zero-order valence-corrected chi connectivity index (χ0v) is 13.9. The van der Waals surface area contributed by atoms with Gasteiger partial charge in [-0.2, -0.15) is 0 Å². The van der Waals surface area contributed by atoms with Gasteiger partial charge in [0.05, 0.1) is 19.0 Å². The molecule has 1 heterocycles. The van der Waals surface area contributed by atoms with Crippen molar-refractivity contribution < 1.29 is 9.50 Å². The predicted octanol–water partition coefficient (Wildman–Crippen LogP) is 3.13. The van der Waals surface area contributed by atoms with Crippen LogP contribution in [0.2, 0.25) is 0 Å². The number of rotatable bonds is 8. The van der Waals surface area contributed by atoms with Gasteiger partial charge < -0.3 is 15.0 Å². The molecule has 0 aliphatic heterocycles. The van der Waals surface area contributed by atoms with Crippen LogP contribution in [0.1, 0.15) is 23.1 Å². The Labute approximate surface area is 147 Å². The standard InChI is InChI=1S/C20H22FN3O/c21-19-8-6-17(7-9-19)20(13-24-11-10-22-15-24)23-12-18(14-25)16-4-2-1-3-5-16/h1-11,15,18,20,23,25H,12-14H2. The Kier molecular flexibility index (Phi) is 5.93. The van der Waals surface area contributed by atoms with Gasteiger partial charge in [-0.05, 0) is 23.3 Å². The van der Waals surface area contributed by atoms with Crippen molar-refractivity contribution in [2.45, 2.75) is 18.5 Å². The molecule has 0 aliphatic carbocycles. The second-order valence-electron chi connectivity index (χ2n) is 6.06. The molecule has 0 amide bonds. The third kappa shape index (κ3) is 4.75. The zero-order chi connectivity index (χ0) is 17.5. The molecule has 25 heavy (non-hydrogen) atoms. The van der Waals surface area contributed by atoms with E-state index in [2.05, 4.69) is 10.3 Å². The molecule has 0 radical (unpaired) electrons. The average Bonchev–Trinajstić information content (AvgIpc) is 3.16. The highest BCUT2D eigenvalue weighted by Crippen LogP contribution is 2.19. The number of hydrogen-bond acceptors (Lipinski definition) is 3.